The summed E-state index contributed by atoms with van der Waals surface area (Å²) < 4.78 is 6.12. The molecule has 0 unspecified atom stereocenters. The highest BCUT2D eigenvalue weighted by Gasteiger charge is 2.35. The molecule has 25 heavy (non-hydrogen) atoms. The molecule has 3 aromatic carbocycles. The molecule has 3 heteroatoms. The minimum Gasteiger partial charge on any atom is -0.486 e. The van der Waals surface area contributed by atoms with Crippen LogP contribution < -0.4 is 4.74 Å². The quantitative estimate of drug-likeness (QED) is 0.782. The van der Waals surface area contributed by atoms with Crippen molar-refractivity contribution >= 4 is 10.8 Å². The summed E-state index contributed by atoms with van der Waals surface area (Å²) in [4.78, 5) is 2.28. The van der Waals surface area contributed by atoms with Crippen LogP contribution in [-0.4, -0.2) is 35.3 Å². The lowest BCUT2D eigenvalue weighted by Crippen LogP contribution is -2.30. The molecular formula is C22H23NO2. The van der Waals surface area contributed by atoms with Gasteiger partial charge < -0.3 is 9.84 Å². The van der Waals surface area contributed by atoms with Crippen LogP contribution in [0.2, 0.25) is 0 Å². The normalized spacial score (nSPS) is 22.2. The molecule has 4 rings (SSSR count). The van der Waals surface area contributed by atoms with E-state index in [9.17, 15) is 5.11 Å². The highest BCUT2D eigenvalue weighted by molar-refractivity contribution is 5.83. The number of fused-ring (bicyclic) bond motifs is 1. The Bertz CT molecular complexity index is 849. The van der Waals surface area contributed by atoms with Gasteiger partial charge in [0.15, 0.2) is 0 Å². The van der Waals surface area contributed by atoms with E-state index in [-0.39, 0.29) is 12.1 Å². The molecule has 0 radical (unpaired) electrons. The van der Waals surface area contributed by atoms with E-state index in [1.807, 2.05) is 30.3 Å². The Hall–Kier alpha value is -2.36. The zero-order valence-corrected chi connectivity index (χ0v) is 14.4. The maximum absolute atomic E-state index is 10.5. The van der Waals surface area contributed by atoms with Gasteiger partial charge in [-0.25, -0.2) is 0 Å². The Labute approximate surface area is 148 Å². The second-order valence-electron chi connectivity index (χ2n) is 6.77. The number of benzene rings is 3. The fourth-order valence-electron chi connectivity index (χ4n) is 3.58. The van der Waals surface area contributed by atoms with Gasteiger partial charge in [0.1, 0.15) is 18.0 Å². The van der Waals surface area contributed by atoms with Crippen LogP contribution >= 0.6 is 0 Å². The van der Waals surface area contributed by atoms with E-state index in [0.717, 1.165) is 17.7 Å². The Morgan fingerprint density at radius 1 is 0.920 bits per heavy atom. The SMILES string of the molecule is C[C@@H](c1ccccc1)N1C[C@H](Oc2ccc3ccccc3c2)[C@@H](O)C1. The van der Waals surface area contributed by atoms with Gasteiger partial charge in [-0.15, -0.1) is 0 Å². The van der Waals surface area contributed by atoms with Gasteiger partial charge in [0.2, 0.25) is 0 Å². The van der Waals surface area contributed by atoms with Crippen molar-refractivity contribution in [1.82, 2.24) is 4.90 Å². The third-order valence-corrected chi connectivity index (χ3v) is 5.10. The van der Waals surface area contributed by atoms with Crippen molar-refractivity contribution < 1.29 is 9.84 Å². The van der Waals surface area contributed by atoms with Crippen LogP contribution in [0.4, 0.5) is 0 Å². The van der Waals surface area contributed by atoms with Crippen molar-refractivity contribution in [2.24, 2.45) is 0 Å². The number of likely N-dealkylation sites (tertiary alicyclic amines) is 1. The first kappa shape index (κ1) is 16.1. The van der Waals surface area contributed by atoms with E-state index in [1.54, 1.807) is 0 Å². The summed E-state index contributed by atoms with van der Waals surface area (Å²) in [5.41, 5.74) is 1.26. The van der Waals surface area contributed by atoms with Crippen molar-refractivity contribution in [3.63, 3.8) is 0 Å². The van der Waals surface area contributed by atoms with Gasteiger partial charge in [0, 0.05) is 19.1 Å². The molecule has 3 aromatic rings. The lowest BCUT2D eigenvalue weighted by molar-refractivity contribution is 0.0737. The topological polar surface area (TPSA) is 32.7 Å². The zero-order valence-electron chi connectivity index (χ0n) is 14.4. The average Bonchev–Trinajstić information content (AvgIpc) is 3.02. The van der Waals surface area contributed by atoms with Crippen LogP contribution in [0, 0.1) is 0 Å². The molecule has 0 aromatic heterocycles. The maximum atomic E-state index is 10.5. The van der Waals surface area contributed by atoms with Crippen LogP contribution in [0.15, 0.2) is 72.8 Å². The number of hydrogen-bond donors (Lipinski definition) is 1. The molecule has 1 heterocycles. The number of rotatable bonds is 4. The second kappa shape index (κ2) is 6.87. The number of ether oxygens (including phenoxy) is 1. The first-order chi connectivity index (χ1) is 12.2. The molecule has 1 N–H and O–H groups in total. The molecule has 0 aliphatic carbocycles. The fraction of sp³-hybridized carbons (Fsp3) is 0.273. The molecule has 1 fully saturated rings. The second-order valence-corrected chi connectivity index (χ2v) is 6.77. The first-order valence-electron chi connectivity index (χ1n) is 8.83. The highest BCUT2D eigenvalue weighted by atomic mass is 16.5. The number of hydrogen-bond acceptors (Lipinski definition) is 3. The van der Waals surface area contributed by atoms with Crippen molar-refractivity contribution in [3.05, 3.63) is 78.4 Å². The molecule has 0 saturated carbocycles. The van der Waals surface area contributed by atoms with Crippen LogP contribution in [0.25, 0.3) is 10.8 Å². The van der Waals surface area contributed by atoms with E-state index < -0.39 is 6.10 Å². The van der Waals surface area contributed by atoms with Crippen molar-refractivity contribution in [2.75, 3.05) is 13.1 Å². The Morgan fingerprint density at radius 3 is 2.44 bits per heavy atom. The van der Waals surface area contributed by atoms with Gasteiger partial charge in [-0.2, -0.15) is 0 Å². The van der Waals surface area contributed by atoms with E-state index in [1.165, 1.54) is 10.9 Å². The maximum Gasteiger partial charge on any atom is 0.138 e. The van der Waals surface area contributed by atoms with Gasteiger partial charge in [-0.05, 0) is 35.4 Å². The molecule has 0 spiro atoms. The summed E-state index contributed by atoms with van der Waals surface area (Å²) in [6.07, 6.45) is -0.676. The molecule has 1 aliphatic rings. The van der Waals surface area contributed by atoms with E-state index >= 15 is 0 Å². The fourth-order valence-corrected chi connectivity index (χ4v) is 3.58. The lowest BCUT2D eigenvalue weighted by Gasteiger charge is -2.24. The Balaban J connectivity index is 1.47. The van der Waals surface area contributed by atoms with E-state index in [2.05, 4.69) is 54.3 Å². The molecule has 0 bridgehead atoms. The smallest absolute Gasteiger partial charge is 0.138 e. The summed E-state index contributed by atoms with van der Waals surface area (Å²) in [5.74, 6) is 0.817. The third-order valence-electron chi connectivity index (χ3n) is 5.10. The predicted molar refractivity (Wildman–Crippen MR) is 101 cm³/mol. The van der Waals surface area contributed by atoms with E-state index in [0.29, 0.717) is 6.54 Å². The van der Waals surface area contributed by atoms with Gasteiger partial charge in [-0.3, -0.25) is 4.90 Å². The van der Waals surface area contributed by atoms with Crippen LogP contribution in [0.3, 0.4) is 0 Å². The summed E-state index contributed by atoms with van der Waals surface area (Å²) in [6.45, 7) is 3.54. The number of nitrogens with zero attached hydrogens (tertiary/aromatic N) is 1. The summed E-state index contributed by atoms with van der Waals surface area (Å²) in [7, 11) is 0. The summed E-state index contributed by atoms with van der Waals surface area (Å²) in [5, 5.41) is 12.8. The lowest BCUT2D eigenvalue weighted by atomic mass is 10.1. The van der Waals surface area contributed by atoms with Crippen LogP contribution in [0.5, 0.6) is 5.75 Å². The Kier molecular flexibility index (Phi) is 4.43. The minimum atomic E-state index is -0.474. The number of aliphatic hydroxyl groups excluding tert-OH is 1. The molecule has 1 saturated heterocycles. The van der Waals surface area contributed by atoms with Gasteiger partial charge >= 0.3 is 0 Å². The summed E-state index contributed by atoms with van der Waals surface area (Å²) in [6, 6.07) is 25.0. The Morgan fingerprint density at radius 2 is 1.64 bits per heavy atom. The molecule has 3 atom stereocenters. The molecule has 0 amide bonds. The number of β-amino-alcohol motifs (C(OH)–C–C–N with tert-alkyl or cyclic N) is 1. The monoisotopic (exact) mass is 333 g/mol. The molecule has 128 valence electrons. The summed E-state index contributed by atoms with van der Waals surface area (Å²) >= 11 is 0. The minimum absolute atomic E-state index is 0.202. The van der Waals surface area contributed by atoms with Gasteiger partial charge in [-0.1, -0.05) is 60.7 Å². The largest absolute Gasteiger partial charge is 0.486 e. The van der Waals surface area contributed by atoms with Crippen LogP contribution in [-0.2, 0) is 0 Å². The first-order valence-corrected chi connectivity index (χ1v) is 8.83. The van der Waals surface area contributed by atoms with Gasteiger partial charge in [0.25, 0.3) is 0 Å². The van der Waals surface area contributed by atoms with Crippen LogP contribution in [0.1, 0.15) is 18.5 Å². The molecule has 1 aliphatic heterocycles. The molecule has 3 nitrogen and oxygen atoms in total. The average molecular weight is 333 g/mol. The third kappa shape index (κ3) is 3.39. The zero-order chi connectivity index (χ0) is 17.2. The standard InChI is InChI=1S/C22H23NO2/c1-16(17-7-3-2-4-8-17)23-14-21(24)22(15-23)25-20-12-11-18-9-5-6-10-19(18)13-20/h2-13,16,21-22,24H,14-15H2,1H3/t16-,21-,22-/m0/s1. The predicted octanol–water partition coefficient (Wildman–Crippen LogP) is 4.02. The molecular weight excluding hydrogens is 310 g/mol. The highest BCUT2D eigenvalue weighted by Crippen LogP contribution is 2.28. The van der Waals surface area contributed by atoms with Gasteiger partial charge in [0.05, 0.1) is 0 Å². The van der Waals surface area contributed by atoms with Crippen molar-refractivity contribution in [3.8, 4) is 5.75 Å². The van der Waals surface area contributed by atoms with Crippen molar-refractivity contribution in [2.45, 2.75) is 25.2 Å². The number of aliphatic hydroxyl groups is 1. The van der Waals surface area contributed by atoms with Crippen molar-refractivity contribution in [1.29, 1.82) is 0 Å². The van der Waals surface area contributed by atoms with E-state index in [4.69, 9.17) is 4.74 Å².